The second kappa shape index (κ2) is 8.44. The third kappa shape index (κ3) is 4.02. The van der Waals surface area contributed by atoms with Crippen LogP contribution in [-0.2, 0) is 20.1 Å². The number of hydrogen-bond acceptors (Lipinski definition) is 3. The Kier molecular flexibility index (Phi) is 5.58. The molecule has 2 aromatic heterocycles. The number of amides is 1. The van der Waals surface area contributed by atoms with Crippen molar-refractivity contribution in [1.29, 1.82) is 0 Å². The van der Waals surface area contributed by atoms with Crippen LogP contribution in [-0.4, -0.2) is 38.2 Å². The van der Waals surface area contributed by atoms with Gasteiger partial charge in [-0.2, -0.15) is 5.10 Å². The SMILES string of the molecule is Cn1ncc(C(=O)NCc2ccccc2CN2CCCCC2)c1-n1cccc1. The van der Waals surface area contributed by atoms with E-state index in [0.29, 0.717) is 12.1 Å². The number of carbonyl (C=O) groups excluding carboxylic acids is 1. The first-order valence-corrected chi connectivity index (χ1v) is 9.95. The summed E-state index contributed by atoms with van der Waals surface area (Å²) in [5.41, 5.74) is 3.04. The fourth-order valence-electron chi connectivity index (χ4n) is 3.89. The lowest BCUT2D eigenvalue weighted by molar-refractivity contribution is 0.0950. The van der Waals surface area contributed by atoms with E-state index in [-0.39, 0.29) is 5.91 Å². The van der Waals surface area contributed by atoms with Crippen molar-refractivity contribution in [3.05, 3.63) is 71.7 Å². The van der Waals surface area contributed by atoms with Gasteiger partial charge in [-0.05, 0) is 49.2 Å². The summed E-state index contributed by atoms with van der Waals surface area (Å²) in [5.74, 6) is 0.661. The van der Waals surface area contributed by atoms with Crippen molar-refractivity contribution in [2.45, 2.75) is 32.4 Å². The highest BCUT2D eigenvalue weighted by molar-refractivity contribution is 5.97. The Bertz CT molecular complexity index is 922. The van der Waals surface area contributed by atoms with Crippen LogP contribution in [0.2, 0.25) is 0 Å². The average Bonchev–Trinajstić information content (AvgIpc) is 3.37. The molecule has 0 atom stereocenters. The Hall–Kier alpha value is -2.86. The number of rotatable bonds is 6. The Morgan fingerprint density at radius 1 is 1.04 bits per heavy atom. The van der Waals surface area contributed by atoms with Crippen LogP contribution in [0.3, 0.4) is 0 Å². The minimum absolute atomic E-state index is 0.107. The standard InChI is InChI=1S/C22H27N5O/c1-25-22(27-13-7-8-14-27)20(16-24-25)21(28)23-15-18-9-3-4-10-19(18)17-26-11-5-2-6-12-26/h3-4,7-10,13-14,16H,2,5-6,11-12,15,17H2,1H3,(H,23,28). The van der Waals surface area contributed by atoms with Crippen LogP contribution in [0.1, 0.15) is 40.7 Å². The molecule has 146 valence electrons. The zero-order valence-electron chi connectivity index (χ0n) is 16.3. The number of carbonyl (C=O) groups is 1. The van der Waals surface area contributed by atoms with Crippen LogP contribution >= 0.6 is 0 Å². The Morgan fingerprint density at radius 3 is 2.50 bits per heavy atom. The van der Waals surface area contributed by atoms with E-state index in [1.54, 1.807) is 10.9 Å². The summed E-state index contributed by atoms with van der Waals surface area (Å²) in [6, 6.07) is 12.3. The highest BCUT2D eigenvalue weighted by Crippen LogP contribution is 2.17. The van der Waals surface area contributed by atoms with Crippen LogP contribution in [0, 0.1) is 0 Å². The molecule has 0 bridgehead atoms. The zero-order valence-corrected chi connectivity index (χ0v) is 16.3. The summed E-state index contributed by atoms with van der Waals surface area (Å²) in [6.07, 6.45) is 9.36. The fourth-order valence-corrected chi connectivity index (χ4v) is 3.89. The van der Waals surface area contributed by atoms with Crippen LogP contribution in [0.5, 0.6) is 0 Å². The van der Waals surface area contributed by atoms with Crippen molar-refractivity contribution in [2.24, 2.45) is 7.05 Å². The number of nitrogens with one attached hydrogen (secondary N) is 1. The van der Waals surface area contributed by atoms with Crippen LogP contribution in [0.15, 0.2) is 55.0 Å². The van der Waals surface area contributed by atoms with E-state index in [1.807, 2.05) is 42.2 Å². The molecule has 1 amide bonds. The highest BCUT2D eigenvalue weighted by Gasteiger charge is 2.18. The first kappa shape index (κ1) is 18.5. The lowest BCUT2D eigenvalue weighted by Crippen LogP contribution is -2.30. The molecule has 0 radical (unpaired) electrons. The van der Waals surface area contributed by atoms with Gasteiger partial charge in [0, 0.05) is 32.5 Å². The van der Waals surface area contributed by atoms with Crippen molar-refractivity contribution < 1.29 is 4.79 Å². The molecule has 1 fully saturated rings. The van der Waals surface area contributed by atoms with E-state index in [4.69, 9.17) is 0 Å². The Morgan fingerprint density at radius 2 is 1.75 bits per heavy atom. The van der Waals surface area contributed by atoms with Crippen LogP contribution < -0.4 is 5.32 Å². The number of piperidine rings is 1. The summed E-state index contributed by atoms with van der Waals surface area (Å²) in [6.45, 7) is 3.80. The quantitative estimate of drug-likeness (QED) is 0.718. The van der Waals surface area contributed by atoms with Gasteiger partial charge in [0.15, 0.2) is 0 Å². The monoisotopic (exact) mass is 377 g/mol. The lowest BCUT2D eigenvalue weighted by atomic mass is 10.0. The van der Waals surface area contributed by atoms with Gasteiger partial charge in [0.05, 0.1) is 6.20 Å². The number of hydrogen-bond donors (Lipinski definition) is 1. The van der Waals surface area contributed by atoms with Gasteiger partial charge in [-0.25, -0.2) is 0 Å². The van der Waals surface area contributed by atoms with Crippen molar-refractivity contribution in [3.63, 3.8) is 0 Å². The molecule has 0 saturated carbocycles. The van der Waals surface area contributed by atoms with Crippen molar-refractivity contribution in [3.8, 4) is 5.82 Å². The molecule has 6 heteroatoms. The molecular weight excluding hydrogens is 350 g/mol. The average molecular weight is 377 g/mol. The number of likely N-dealkylation sites (tertiary alicyclic amines) is 1. The number of aryl methyl sites for hydroxylation is 1. The van der Waals surface area contributed by atoms with E-state index >= 15 is 0 Å². The summed E-state index contributed by atoms with van der Waals surface area (Å²) < 4.78 is 3.63. The minimum atomic E-state index is -0.107. The van der Waals surface area contributed by atoms with E-state index < -0.39 is 0 Å². The molecular formula is C22H27N5O. The summed E-state index contributed by atoms with van der Waals surface area (Å²) >= 11 is 0. The second-order valence-corrected chi connectivity index (χ2v) is 7.38. The molecule has 1 aliphatic rings. The fraction of sp³-hybridized carbons (Fsp3) is 0.364. The normalized spacial score (nSPS) is 14.9. The maximum Gasteiger partial charge on any atom is 0.256 e. The maximum atomic E-state index is 12.9. The number of benzene rings is 1. The maximum absolute atomic E-state index is 12.9. The van der Waals surface area contributed by atoms with Crippen molar-refractivity contribution in [2.75, 3.05) is 13.1 Å². The predicted octanol–water partition coefficient (Wildman–Crippen LogP) is 3.13. The molecule has 1 saturated heterocycles. The Labute approximate surface area is 165 Å². The van der Waals surface area contributed by atoms with E-state index in [9.17, 15) is 4.79 Å². The third-order valence-corrected chi connectivity index (χ3v) is 5.40. The molecule has 1 N–H and O–H groups in total. The molecule has 3 heterocycles. The van der Waals surface area contributed by atoms with Gasteiger partial charge >= 0.3 is 0 Å². The largest absolute Gasteiger partial charge is 0.348 e. The summed E-state index contributed by atoms with van der Waals surface area (Å²) in [7, 11) is 1.85. The molecule has 0 unspecified atom stereocenters. The zero-order chi connectivity index (χ0) is 19.3. The van der Waals surface area contributed by atoms with Gasteiger partial charge in [0.25, 0.3) is 5.91 Å². The highest BCUT2D eigenvalue weighted by atomic mass is 16.1. The second-order valence-electron chi connectivity index (χ2n) is 7.38. The van der Waals surface area contributed by atoms with E-state index in [1.165, 1.54) is 30.4 Å². The van der Waals surface area contributed by atoms with E-state index in [0.717, 1.165) is 25.5 Å². The minimum Gasteiger partial charge on any atom is -0.348 e. The van der Waals surface area contributed by atoms with Crippen LogP contribution in [0.25, 0.3) is 5.82 Å². The molecule has 28 heavy (non-hydrogen) atoms. The van der Waals surface area contributed by atoms with Gasteiger partial charge in [-0.3, -0.25) is 14.4 Å². The van der Waals surface area contributed by atoms with Gasteiger partial charge in [0.2, 0.25) is 0 Å². The van der Waals surface area contributed by atoms with Gasteiger partial charge in [0.1, 0.15) is 11.4 Å². The molecule has 1 aliphatic heterocycles. The van der Waals surface area contributed by atoms with Gasteiger partial charge < -0.3 is 9.88 Å². The third-order valence-electron chi connectivity index (χ3n) is 5.40. The predicted molar refractivity (Wildman–Crippen MR) is 109 cm³/mol. The van der Waals surface area contributed by atoms with Crippen LogP contribution in [0.4, 0.5) is 0 Å². The molecule has 4 rings (SSSR count). The lowest BCUT2D eigenvalue weighted by Gasteiger charge is -2.27. The summed E-state index contributed by atoms with van der Waals surface area (Å²) in [5, 5.41) is 7.36. The molecule has 0 spiro atoms. The van der Waals surface area contributed by atoms with Gasteiger partial charge in [-0.1, -0.05) is 30.7 Å². The molecule has 1 aromatic carbocycles. The first-order valence-electron chi connectivity index (χ1n) is 9.95. The van der Waals surface area contributed by atoms with E-state index in [2.05, 4.69) is 33.5 Å². The molecule has 0 aliphatic carbocycles. The molecule has 6 nitrogen and oxygen atoms in total. The smallest absolute Gasteiger partial charge is 0.256 e. The number of aromatic nitrogens is 3. The number of nitrogens with zero attached hydrogens (tertiary/aromatic N) is 4. The molecule has 3 aromatic rings. The first-order chi connectivity index (χ1) is 13.7. The Balaban J connectivity index is 1.46. The summed E-state index contributed by atoms with van der Waals surface area (Å²) in [4.78, 5) is 15.4. The van der Waals surface area contributed by atoms with Crippen molar-refractivity contribution in [1.82, 2.24) is 24.6 Å². The van der Waals surface area contributed by atoms with Gasteiger partial charge in [-0.15, -0.1) is 0 Å². The van der Waals surface area contributed by atoms with Crippen molar-refractivity contribution >= 4 is 5.91 Å². The topological polar surface area (TPSA) is 55.1 Å².